The Morgan fingerprint density at radius 2 is 1.82 bits per heavy atom. The maximum atomic E-state index is 12.0. The van der Waals surface area contributed by atoms with Crippen molar-refractivity contribution >= 4 is 29.2 Å². The smallest absolute Gasteiger partial charge is 0.321 e. The minimum absolute atomic E-state index is 0.287. The lowest BCUT2D eigenvalue weighted by Gasteiger charge is -2.38. The Morgan fingerprint density at radius 3 is 2.41 bits per heavy atom. The molecule has 0 saturated carbocycles. The lowest BCUT2D eigenvalue weighted by atomic mass is 10.2. The van der Waals surface area contributed by atoms with Gasteiger partial charge in [-0.2, -0.15) is 0 Å². The van der Waals surface area contributed by atoms with Gasteiger partial charge in [0.15, 0.2) is 0 Å². The van der Waals surface area contributed by atoms with Gasteiger partial charge >= 0.3 is 6.03 Å². The summed E-state index contributed by atoms with van der Waals surface area (Å²) in [5.41, 5.74) is 1.02. The number of anilines is 1. The molecule has 0 spiro atoms. The highest BCUT2D eigenvalue weighted by atomic mass is 35.5. The fourth-order valence-corrected chi connectivity index (χ4v) is 2.76. The molecule has 1 aliphatic rings. The third-order valence-corrected chi connectivity index (χ3v) is 4.22. The van der Waals surface area contributed by atoms with Crippen molar-refractivity contribution in [2.75, 3.05) is 38.1 Å². The van der Waals surface area contributed by atoms with Gasteiger partial charge in [0.05, 0.1) is 16.8 Å². The van der Waals surface area contributed by atoms with Crippen molar-refractivity contribution in [1.29, 1.82) is 0 Å². The van der Waals surface area contributed by atoms with Gasteiger partial charge in [-0.25, -0.2) is 4.79 Å². The van der Waals surface area contributed by atoms with Crippen LogP contribution in [-0.2, 0) is 4.79 Å². The molecule has 0 aliphatic carbocycles. The molecule has 1 saturated heterocycles. The predicted octanol–water partition coefficient (Wildman–Crippen LogP) is 1.31. The highest BCUT2D eigenvalue weighted by molar-refractivity contribution is 6.33. The molecule has 0 bridgehead atoms. The first kappa shape index (κ1) is 16.6. The van der Waals surface area contributed by atoms with Crippen molar-refractivity contribution in [1.82, 2.24) is 15.5 Å². The van der Waals surface area contributed by atoms with E-state index >= 15 is 0 Å². The van der Waals surface area contributed by atoms with Crippen LogP contribution in [0.3, 0.4) is 0 Å². The number of piperazine rings is 1. The summed E-state index contributed by atoms with van der Waals surface area (Å²) in [5, 5.41) is 5.43. The molecule has 1 aliphatic heterocycles. The first-order valence-corrected chi connectivity index (χ1v) is 7.67. The van der Waals surface area contributed by atoms with Crippen LogP contribution in [0.4, 0.5) is 10.5 Å². The van der Waals surface area contributed by atoms with Crippen LogP contribution in [0.5, 0.6) is 0 Å². The SMILES string of the molecule is CNC(=O)NC(=O)[C@H](C)N1CCN(c2ccccc2Cl)CC1. The highest BCUT2D eigenvalue weighted by Crippen LogP contribution is 2.26. The van der Waals surface area contributed by atoms with Crippen LogP contribution in [0.15, 0.2) is 24.3 Å². The van der Waals surface area contributed by atoms with E-state index in [4.69, 9.17) is 11.6 Å². The Balaban J connectivity index is 1.90. The van der Waals surface area contributed by atoms with Crippen molar-refractivity contribution in [3.63, 3.8) is 0 Å². The quantitative estimate of drug-likeness (QED) is 0.880. The minimum Gasteiger partial charge on any atom is -0.368 e. The molecule has 22 heavy (non-hydrogen) atoms. The van der Waals surface area contributed by atoms with Gasteiger partial charge in [0.1, 0.15) is 0 Å². The van der Waals surface area contributed by atoms with E-state index in [0.717, 1.165) is 36.9 Å². The average molecular weight is 325 g/mol. The second-order valence-electron chi connectivity index (χ2n) is 5.22. The van der Waals surface area contributed by atoms with Crippen molar-refractivity contribution in [2.45, 2.75) is 13.0 Å². The van der Waals surface area contributed by atoms with E-state index in [-0.39, 0.29) is 11.9 Å². The van der Waals surface area contributed by atoms with E-state index in [9.17, 15) is 9.59 Å². The third-order valence-electron chi connectivity index (χ3n) is 3.90. The zero-order chi connectivity index (χ0) is 16.1. The molecule has 6 nitrogen and oxygen atoms in total. The van der Waals surface area contributed by atoms with Gasteiger partial charge in [-0.3, -0.25) is 15.0 Å². The van der Waals surface area contributed by atoms with E-state index in [1.165, 1.54) is 7.05 Å². The second kappa shape index (κ2) is 7.47. The van der Waals surface area contributed by atoms with Crippen LogP contribution >= 0.6 is 11.6 Å². The standard InChI is InChI=1S/C15H21ClN4O2/c1-11(14(21)18-15(22)17-2)19-7-9-20(10-8-19)13-6-4-3-5-12(13)16/h3-6,11H,7-10H2,1-2H3,(H2,17,18,21,22)/t11-/m0/s1. The van der Waals surface area contributed by atoms with E-state index in [1.807, 2.05) is 31.2 Å². The zero-order valence-electron chi connectivity index (χ0n) is 12.8. The van der Waals surface area contributed by atoms with E-state index in [1.54, 1.807) is 0 Å². The van der Waals surface area contributed by atoms with E-state index in [0.29, 0.717) is 0 Å². The van der Waals surface area contributed by atoms with E-state index < -0.39 is 6.03 Å². The molecule has 1 aromatic rings. The Labute approximate surface area is 135 Å². The number of imide groups is 1. The van der Waals surface area contributed by atoms with Gasteiger partial charge in [0.25, 0.3) is 0 Å². The fourth-order valence-electron chi connectivity index (χ4n) is 2.50. The van der Waals surface area contributed by atoms with Crippen LogP contribution in [0.25, 0.3) is 0 Å². The van der Waals surface area contributed by atoms with Crippen LogP contribution < -0.4 is 15.5 Å². The molecular formula is C15H21ClN4O2. The molecule has 1 fully saturated rings. The molecule has 0 aromatic heterocycles. The summed E-state index contributed by atoms with van der Waals surface area (Å²) in [6.45, 7) is 4.88. The molecule has 7 heteroatoms. The van der Waals surface area contributed by atoms with Crippen LogP contribution in [0.2, 0.25) is 5.02 Å². The topological polar surface area (TPSA) is 64.7 Å². The maximum absolute atomic E-state index is 12.0. The van der Waals surface area contributed by atoms with Gasteiger partial charge < -0.3 is 10.2 Å². The van der Waals surface area contributed by atoms with E-state index in [2.05, 4.69) is 20.4 Å². The lowest BCUT2D eigenvalue weighted by Crippen LogP contribution is -2.55. The van der Waals surface area contributed by atoms with Gasteiger partial charge in [0.2, 0.25) is 5.91 Å². The average Bonchev–Trinajstić information content (AvgIpc) is 2.54. The molecule has 1 heterocycles. The molecular weight excluding hydrogens is 304 g/mol. The van der Waals surface area contributed by atoms with Gasteiger partial charge in [-0.1, -0.05) is 23.7 Å². The summed E-state index contributed by atoms with van der Waals surface area (Å²) in [6, 6.07) is 6.93. The monoisotopic (exact) mass is 324 g/mol. The number of amides is 3. The summed E-state index contributed by atoms with van der Waals surface area (Å²) in [6.07, 6.45) is 0. The number of hydrogen-bond donors (Lipinski definition) is 2. The molecule has 120 valence electrons. The first-order valence-electron chi connectivity index (χ1n) is 7.29. The molecule has 0 radical (unpaired) electrons. The first-order chi connectivity index (χ1) is 10.5. The van der Waals surface area contributed by atoms with Crippen molar-refractivity contribution in [3.8, 4) is 0 Å². The predicted molar refractivity (Wildman–Crippen MR) is 87.3 cm³/mol. The Morgan fingerprint density at radius 1 is 1.18 bits per heavy atom. The number of nitrogens with zero attached hydrogens (tertiary/aromatic N) is 2. The third kappa shape index (κ3) is 3.90. The Kier molecular flexibility index (Phi) is 5.63. The number of nitrogens with one attached hydrogen (secondary N) is 2. The molecule has 3 amide bonds. The van der Waals surface area contributed by atoms with Gasteiger partial charge in [0, 0.05) is 33.2 Å². The molecule has 1 aromatic carbocycles. The number of carbonyl (C=O) groups excluding carboxylic acids is 2. The Bertz CT molecular complexity index is 544. The maximum Gasteiger partial charge on any atom is 0.321 e. The second-order valence-corrected chi connectivity index (χ2v) is 5.63. The number of urea groups is 1. The highest BCUT2D eigenvalue weighted by Gasteiger charge is 2.26. The van der Waals surface area contributed by atoms with Gasteiger partial charge in [-0.15, -0.1) is 0 Å². The number of benzene rings is 1. The summed E-state index contributed by atoms with van der Waals surface area (Å²) >= 11 is 6.22. The zero-order valence-corrected chi connectivity index (χ0v) is 13.6. The molecule has 2 rings (SSSR count). The van der Waals surface area contributed by atoms with Crippen LogP contribution in [0, 0.1) is 0 Å². The number of hydrogen-bond acceptors (Lipinski definition) is 4. The van der Waals surface area contributed by atoms with Gasteiger partial charge in [-0.05, 0) is 19.1 Å². The number of halogens is 1. The van der Waals surface area contributed by atoms with Crippen molar-refractivity contribution < 1.29 is 9.59 Å². The summed E-state index contributed by atoms with van der Waals surface area (Å²) < 4.78 is 0. The number of carbonyl (C=O) groups is 2. The van der Waals surface area contributed by atoms with Crippen molar-refractivity contribution in [3.05, 3.63) is 29.3 Å². The van der Waals surface area contributed by atoms with Crippen LogP contribution in [0.1, 0.15) is 6.92 Å². The molecule has 0 unspecified atom stereocenters. The van der Waals surface area contributed by atoms with Crippen LogP contribution in [-0.4, -0.2) is 56.1 Å². The number of para-hydroxylation sites is 1. The summed E-state index contributed by atoms with van der Waals surface area (Å²) in [5.74, 6) is -0.287. The molecule has 2 N–H and O–H groups in total. The van der Waals surface area contributed by atoms with Crippen molar-refractivity contribution in [2.24, 2.45) is 0 Å². The Hall–Kier alpha value is -1.79. The lowest BCUT2D eigenvalue weighted by molar-refractivity contribution is -0.124. The molecule has 1 atom stereocenters. The largest absolute Gasteiger partial charge is 0.368 e. The minimum atomic E-state index is -0.480. The fraction of sp³-hybridized carbons (Fsp3) is 0.467. The normalized spacial score (nSPS) is 17.0. The number of rotatable bonds is 3. The summed E-state index contributed by atoms with van der Waals surface area (Å²) in [7, 11) is 1.48. The summed E-state index contributed by atoms with van der Waals surface area (Å²) in [4.78, 5) is 27.4.